The van der Waals surface area contributed by atoms with E-state index in [0.717, 1.165) is 41.4 Å². The molecule has 0 saturated carbocycles. The lowest BCUT2D eigenvalue weighted by Gasteiger charge is -2.34. The molecule has 0 atom stereocenters. The Kier molecular flexibility index (Phi) is 7.76. The maximum atomic E-state index is 12.5. The number of rotatable bonds is 8. The molecule has 190 valence electrons. The summed E-state index contributed by atoms with van der Waals surface area (Å²) < 4.78 is 13.5. The Morgan fingerprint density at radius 1 is 1.25 bits per heavy atom. The van der Waals surface area contributed by atoms with Crippen LogP contribution in [0.1, 0.15) is 32.4 Å². The Bertz CT molecular complexity index is 1290. The van der Waals surface area contributed by atoms with E-state index >= 15 is 0 Å². The van der Waals surface area contributed by atoms with Gasteiger partial charge in [-0.05, 0) is 69.3 Å². The first kappa shape index (κ1) is 25.0. The zero-order chi connectivity index (χ0) is 25.1. The van der Waals surface area contributed by atoms with Gasteiger partial charge in [0.25, 0.3) is 0 Å². The van der Waals surface area contributed by atoms with E-state index in [-0.39, 0.29) is 5.88 Å². The zero-order valence-electron chi connectivity index (χ0n) is 20.1. The molecule has 5 rings (SSSR count). The highest BCUT2D eigenvalue weighted by Crippen LogP contribution is 2.32. The van der Waals surface area contributed by atoms with Crippen LogP contribution < -0.4 is 10.1 Å². The number of ether oxygens (including phenoxy) is 1. The molecule has 1 amide bonds. The van der Waals surface area contributed by atoms with Crippen LogP contribution in [0.15, 0.2) is 46.3 Å². The van der Waals surface area contributed by atoms with E-state index in [1.54, 1.807) is 22.1 Å². The molecule has 0 bridgehead atoms. The van der Waals surface area contributed by atoms with Gasteiger partial charge in [0.15, 0.2) is 5.76 Å². The molecular weight excluding hydrogens is 518 g/mol. The number of halogens is 1. The first-order valence-electron chi connectivity index (χ1n) is 12.0. The number of carbonyl (C=O) groups is 1. The van der Waals surface area contributed by atoms with Crippen LogP contribution in [0.5, 0.6) is 5.88 Å². The molecule has 1 N–H and O–H groups in total. The molecular formula is C25H28ClN5O3S2. The standard InChI is InChI=1S/C25H28ClN5O3S2/c1-16(2)30-9-7-17(8-10-30)14-27-25(32)33-24-13-19(21-4-3-11-35-21)31(28-24)15-18-12-20(34-29-18)22-5-6-23(26)36-22/h3-6,11-13,16-17H,7-10,14-15H2,1-2H3,(H,27,32). The van der Waals surface area contributed by atoms with Crippen LogP contribution in [0.2, 0.25) is 4.34 Å². The van der Waals surface area contributed by atoms with Gasteiger partial charge in [0.05, 0.1) is 26.3 Å². The van der Waals surface area contributed by atoms with Crippen LogP contribution in [0, 0.1) is 5.92 Å². The number of thiophene rings is 2. The largest absolute Gasteiger partial charge is 0.414 e. The smallest absolute Gasteiger partial charge is 0.390 e. The van der Waals surface area contributed by atoms with Crippen molar-refractivity contribution in [1.82, 2.24) is 25.2 Å². The first-order valence-corrected chi connectivity index (χ1v) is 14.0. The molecule has 0 radical (unpaired) electrons. The van der Waals surface area contributed by atoms with Crippen molar-refractivity contribution in [2.45, 2.75) is 39.3 Å². The Morgan fingerprint density at radius 2 is 2.08 bits per heavy atom. The van der Waals surface area contributed by atoms with Crippen LogP contribution in [0.25, 0.3) is 21.2 Å². The molecule has 11 heteroatoms. The van der Waals surface area contributed by atoms with Gasteiger partial charge in [0.2, 0.25) is 5.88 Å². The second-order valence-electron chi connectivity index (χ2n) is 9.13. The van der Waals surface area contributed by atoms with E-state index in [4.69, 9.17) is 20.9 Å². The van der Waals surface area contributed by atoms with Gasteiger partial charge in [0.1, 0.15) is 5.69 Å². The molecule has 1 fully saturated rings. The van der Waals surface area contributed by atoms with E-state index < -0.39 is 6.09 Å². The molecule has 5 heterocycles. The quantitative estimate of drug-likeness (QED) is 0.282. The summed E-state index contributed by atoms with van der Waals surface area (Å²) in [5.74, 6) is 1.37. The average Bonchev–Trinajstić information content (AvgIpc) is 3.66. The molecule has 0 aliphatic carbocycles. The lowest BCUT2D eigenvalue weighted by Crippen LogP contribution is -2.42. The third-order valence-corrected chi connectivity index (χ3v) is 8.47. The molecule has 1 saturated heterocycles. The Balaban J connectivity index is 1.23. The number of amides is 1. The van der Waals surface area contributed by atoms with Crippen molar-refractivity contribution in [1.29, 1.82) is 0 Å². The van der Waals surface area contributed by atoms with Crippen LogP contribution in [-0.2, 0) is 6.54 Å². The Morgan fingerprint density at radius 3 is 2.78 bits per heavy atom. The topological polar surface area (TPSA) is 85.4 Å². The number of carbonyl (C=O) groups excluding carboxylic acids is 1. The van der Waals surface area contributed by atoms with Crippen LogP contribution in [-0.4, -0.2) is 51.6 Å². The van der Waals surface area contributed by atoms with Gasteiger partial charge >= 0.3 is 6.09 Å². The van der Waals surface area contributed by atoms with Crippen molar-refractivity contribution in [2.24, 2.45) is 5.92 Å². The number of aromatic nitrogens is 3. The van der Waals surface area contributed by atoms with E-state index in [1.165, 1.54) is 11.3 Å². The van der Waals surface area contributed by atoms with E-state index in [1.807, 2.05) is 35.7 Å². The number of nitrogens with zero attached hydrogens (tertiary/aromatic N) is 4. The minimum Gasteiger partial charge on any atom is -0.390 e. The van der Waals surface area contributed by atoms with Gasteiger partial charge < -0.3 is 19.5 Å². The summed E-state index contributed by atoms with van der Waals surface area (Å²) in [7, 11) is 0. The summed E-state index contributed by atoms with van der Waals surface area (Å²) in [6.07, 6.45) is 1.67. The monoisotopic (exact) mass is 545 g/mol. The third-order valence-electron chi connectivity index (χ3n) is 6.33. The van der Waals surface area contributed by atoms with Gasteiger partial charge in [-0.1, -0.05) is 22.8 Å². The van der Waals surface area contributed by atoms with Crippen molar-refractivity contribution >= 4 is 40.4 Å². The van der Waals surface area contributed by atoms with Crippen LogP contribution in [0.3, 0.4) is 0 Å². The van der Waals surface area contributed by atoms with Crippen LogP contribution >= 0.6 is 34.3 Å². The number of hydrogen-bond donors (Lipinski definition) is 1. The Hall–Kier alpha value is -2.66. The Labute approximate surface area is 222 Å². The molecule has 8 nitrogen and oxygen atoms in total. The zero-order valence-corrected chi connectivity index (χ0v) is 22.5. The van der Waals surface area contributed by atoms with E-state index in [9.17, 15) is 4.79 Å². The SMILES string of the molecule is CC(C)N1CCC(CNC(=O)Oc2cc(-c3cccs3)n(Cc3cc(-c4ccc(Cl)s4)on3)n2)CC1. The highest BCUT2D eigenvalue weighted by molar-refractivity contribution is 7.19. The summed E-state index contributed by atoms with van der Waals surface area (Å²) >= 11 is 9.07. The average molecular weight is 546 g/mol. The van der Waals surface area contributed by atoms with Gasteiger partial charge in [0, 0.05) is 24.7 Å². The summed E-state index contributed by atoms with van der Waals surface area (Å²) in [5.41, 5.74) is 1.55. The lowest BCUT2D eigenvalue weighted by molar-refractivity contribution is 0.145. The fourth-order valence-corrected chi connectivity index (χ4v) is 6.06. The second kappa shape index (κ2) is 11.2. The fourth-order valence-electron chi connectivity index (χ4n) is 4.32. The third kappa shape index (κ3) is 6.00. The van der Waals surface area contributed by atoms with Gasteiger partial charge in [-0.2, -0.15) is 0 Å². The maximum absolute atomic E-state index is 12.5. The summed E-state index contributed by atoms with van der Waals surface area (Å²) in [4.78, 5) is 16.9. The first-order chi connectivity index (χ1) is 17.4. The van der Waals surface area contributed by atoms with E-state index in [2.05, 4.69) is 34.3 Å². The normalized spacial score (nSPS) is 15.0. The van der Waals surface area contributed by atoms with Gasteiger partial charge in [-0.25, -0.2) is 4.79 Å². The molecule has 0 spiro atoms. The molecule has 4 aromatic heterocycles. The fraction of sp³-hybridized carbons (Fsp3) is 0.400. The molecule has 0 aromatic carbocycles. The summed E-state index contributed by atoms with van der Waals surface area (Å²) in [6, 6.07) is 11.9. The predicted molar refractivity (Wildman–Crippen MR) is 143 cm³/mol. The number of hydrogen-bond acceptors (Lipinski definition) is 8. The molecule has 1 aliphatic rings. The highest BCUT2D eigenvalue weighted by atomic mass is 35.5. The highest BCUT2D eigenvalue weighted by Gasteiger charge is 2.22. The molecule has 0 unspecified atom stereocenters. The van der Waals surface area contributed by atoms with Crippen molar-refractivity contribution in [3.63, 3.8) is 0 Å². The number of piperidine rings is 1. The predicted octanol–water partition coefficient (Wildman–Crippen LogP) is 6.24. The summed E-state index contributed by atoms with van der Waals surface area (Å²) in [5, 5.41) is 13.7. The van der Waals surface area contributed by atoms with Crippen molar-refractivity contribution in [3.8, 4) is 27.1 Å². The van der Waals surface area contributed by atoms with Crippen LogP contribution in [0.4, 0.5) is 4.79 Å². The maximum Gasteiger partial charge on any atom is 0.414 e. The minimum atomic E-state index is -0.484. The number of likely N-dealkylation sites (tertiary alicyclic amines) is 1. The number of nitrogens with one attached hydrogen (secondary N) is 1. The van der Waals surface area contributed by atoms with E-state index in [0.29, 0.717) is 40.8 Å². The lowest BCUT2D eigenvalue weighted by atomic mass is 9.96. The minimum absolute atomic E-state index is 0.249. The van der Waals surface area contributed by atoms with Gasteiger partial charge in [-0.15, -0.1) is 27.8 Å². The second-order valence-corrected chi connectivity index (χ2v) is 11.8. The van der Waals surface area contributed by atoms with Crippen molar-refractivity contribution in [3.05, 3.63) is 51.8 Å². The van der Waals surface area contributed by atoms with Gasteiger partial charge in [-0.3, -0.25) is 4.68 Å². The molecule has 36 heavy (non-hydrogen) atoms. The molecule has 1 aliphatic heterocycles. The van der Waals surface area contributed by atoms with Crippen molar-refractivity contribution in [2.75, 3.05) is 19.6 Å². The van der Waals surface area contributed by atoms with Crippen molar-refractivity contribution < 1.29 is 14.1 Å². The summed E-state index contributed by atoms with van der Waals surface area (Å²) in [6.45, 7) is 7.56. The molecule has 4 aromatic rings.